The Kier molecular flexibility index (Phi) is 3.61. The van der Waals surface area contributed by atoms with Gasteiger partial charge in [0.1, 0.15) is 0 Å². The predicted molar refractivity (Wildman–Crippen MR) is 77.4 cm³/mol. The summed E-state index contributed by atoms with van der Waals surface area (Å²) in [4.78, 5) is 4.95. The molecule has 4 rings (SSSR count). The normalized spacial score (nSPS) is 31.4. The van der Waals surface area contributed by atoms with Crippen molar-refractivity contribution < 1.29 is 5.11 Å². The van der Waals surface area contributed by atoms with Gasteiger partial charge >= 0.3 is 0 Å². The Balaban J connectivity index is 1.69. The summed E-state index contributed by atoms with van der Waals surface area (Å²) in [6.45, 7) is 9.87. The summed E-state index contributed by atoms with van der Waals surface area (Å²) in [6.07, 6.45) is 0.529. The van der Waals surface area contributed by atoms with Gasteiger partial charge in [0.15, 0.2) is 0 Å². The van der Waals surface area contributed by atoms with E-state index in [1.807, 2.05) is 0 Å². The van der Waals surface area contributed by atoms with E-state index in [4.69, 9.17) is 0 Å². The van der Waals surface area contributed by atoms with Gasteiger partial charge in [0.25, 0.3) is 0 Å². The van der Waals surface area contributed by atoms with Crippen molar-refractivity contribution in [2.24, 2.45) is 0 Å². The predicted octanol–water partition coefficient (Wildman–Crippen LogP) is 1.21. The lowest BCUT2D eigenvalue weighted by atomic mass is 9.95. The Morgan fingerprint density at radius 2 is 1.74 bits per heavy atom. The van der Waals surface area contributed by atoms with Crippen LogP contribution in [-0.4, -0.2) is 59.8 Å². The average Bonchev–Trinajstić information content (AvgIpc) is 2.38. The third kappa shape index (κ3) is 2.83. The fourth-order valence-corrected chi connectivity index (χ4v) is 3.59. The first kappa shape index (κ1) is 13.1. The molecule has 3 aliphatic heterocycles. The maximum atomic E-state index is 10.6. The molecule has 0 spiro atoms. The van der Waals surface area contributed by atoms with Gasteiger partial charge in [0.2, 0.25) is 0 Å². The minimum atomic E-state index is -0.246. The number of aryl methyl sites for hydroxylation is 2. The molecule has 3 nitrogen and oxygen atoms in total. The molecule has 1 N–H and O–H groups in total. The summed E-state index contributed by atoms with van der Waals surface area (Å²) in [5.41, 5.74) is 3.84. The van der Waals surface area contributed by atoms with Crippen LogP contribution in [0.3, 0.4) is 0 Å². The van der Waals surface area contributed by atoms with Crippen molar-refractivity contribution in [3.05, 3.63) is 34.9 Å². The molecule has 0 radical (unpaired) electrons. The van der Waals surface area contributed by atoms with E-state index in [-0.39, 0.29) is 6.10 Å². The number of hydrogen-bond donors (Lipinski definition) is 1. The van der Waals surface area contributed by atoms with Crippen LogP contribution < -0.4 is 0 Å². The van der Waals surface area contributed by atoms with Gasteiger partial charge in [-0.2, -0.15) is 0 Å². The van der Waals surface area contributed by atoms with E-state index < -0.39 is 0 Å². The van der Waals surface area contributed by atoms with Crippen molar-refractivity contribution in [2.45, 2.75) is 32.4 Å². The highest BCUT2D eigenvalue weighted by Gasteiger charge is 2.35. The van der Waals surface area contributed by atoms with Crippen LogP contribution in [0.15, 0.2) is 18.2 Å². The van der Waals surface area contributed by atoms with Gasteiger partial charge in [-0.1, -0.05) is 29.3 Å². The van der Waals surface area contributed by atoms with Gasteiger partial charge in [-0.05, 0) is 25.8 Å². The van der Waals surface area contributed by atoms with Crippen molar-refractivity contribution >= 4 is 0 Å². The Morgan fingerprint density at radius 1 is 1.11 bits per heavy atom. The number of hydrogen-bond acceptors (Lipinski definition) is 3. The minimum Gasteiger partial charge on any atom is -0.391 e. The summed E-state index contributed by atoms with van der Waals surface area (Å²) in [5.74, 6) is 0. The molecular weight excluding hydrogens is 236 g/mol. The quantitative estimate of drug-likeness (QED) is 0.885. The van der Waals surface area contributed by atoms with Crippen molar-refractivity contribution in [1.29, 1.82) is 0 Å². The zero-order valence-electron chi connectivity index (χ0n) is 12.0. The Morgan fingerprint density at radius 3 is 2.26 bits per heavy atom. The topological polar surface area (TPSA) is 26.7 Å². The molecule has 1 aromatic carbocycles. The molecule has 1 aromatic rings. The first-order valence-corrected chi connectivity index (χ1v) is 7.33. The van der Waals surface area contributed by atoms with Crippen LogP contribution in [0.5, 0.6) is 0 Å². The molecule has 3 fully saturated rings. The molecule has 104 valence electrons. The van der Waals surface area contributed by atoms with Crippen molar-refractivity contribution in [2.75, 3.05) is 32.7 Å². The zero-order valence-corrected chi connectivity index (χ0v) is 12.0. The standard InChI is InChI=1S/C16H24N2O/c1-12-7-13(2)9-14(8-12)10-16(19)15-11-17-3-5-18(15)6-4-17/h7-9,15-16,19H,3-6,10-11H2,1-2H3. The Bertz CT molecular complexity index is 432. The number of aliphatic hydroxyl groups excluding tert-OH is 1. The molecule has 3 heteroatoms. The molecule has 3 heterocycles. The van der Waals surface area contributed by atoms with Gasteiger partial charge in [0, 0.05) is 38.8 Å². The average molecular weight is 260 g/mol. The summed E-state index contributed by atoms with van der Waals surface area (Å²) in [6, 6.07) is 6.91. The number of nitrogens with zero attached hydrogens (tertiary/aromatic N) is 2. The molecule has 0 amide bonds. The summed E-state index contributed by atoms with van der Waals surface area (Å²) < 4.78 is 0. The number of aliphatic hydroxyl groups is 1. The Labute approximate surface area is 115 Å². The van der Waals surface area contributed by atoms with Crippen LogP contribution in [0.2, 0.25) is 0 Å². The number of piperazine rings is 3. The molecule has 2 unspecified atom stereocenters. The molecule has 0 aliphatic carbocycles. The van der Waals surface area contributed by atoms with Crippen LogP contribution >= 0.6 is 0 Å². The molecule has 0 aromatic heterocycles. The number of fused-ring (bicyclic) bond motifs is 3. The number of benzene rings is 1. The largest absolute Gasteiger partial charge is 0.391 e. The lowest BCUT2D eigenvalue weighted by Gasteiger charge is -2.49. The second-order valence-electron chi connectivity index (χ2n) is 6.17. The van der Waals surface area contributed by atoms with Crippen molar-refractivity contribution in [1.82, 2.24) is 9.80 Å². The van der Waals surface area contributed by atoms with Gasteiger partial charge in [0.05, 0.1) is 6.10 Å². The van der Waals surface area contributed by atoms with Crippen LogP contribution in [0.4, 0.5) is 0 Å². The molecule has 0 saturated carbocycles. The van der Waals surface area contributed by atoms with Gasteiger partial charge in [-0.15, -0.1) is 0 Å². The first-order chi connectivity index (χ1) is 9.11. The molecule has 19 heavy (non-hydrogen) atoms. The number of rotatable bonds is 3. The van der Waals surface area contributed by atoms with E-state index in [0.29, 0.717) is 6.04 Å². The molecule has 3 saturated heterocycles. The third-order valence-electron chi connectivity index (χ3n) is 4.49. The molecule has 2 atom stereocenters. The van der Waals surface area contributed by atoms with Crippen molar-refractivity contribution in [3.8, 4) is 0 Å². The fourth-order valence-electron chi connectivity index (χ4n) is 3.59. The van der Waals surface area contributed by atoms with Crippen LogP contribution in [0, 0.1) is 13.8 Å². The van der Waals surface area contributed by atoms with E-state index in [2.05, 4.69) is 41.8 Å². The van der Waals surface area contributed by atoms with Gasteiger partial charge in [-0.25, -0.2) is 0 Å². The smallest absolute Gasteiger partial charge is 0.0748 e. The summed E-state index contributed by atoms with van der Waals surface area (Å²) in [7, 11) is 0. The summed E-state index contributed by atoms with van der Waals surface area (Å²) in [5, 5.41) is 10.6. The minimum absolute atomic E-state index is 0.246. The lowest BCUT2D eigenvalue weighted by Crippen LogP contribution is -2.64. The SMILES string of the molecule is Cc1cc(C)cc(CC(O)C2CN3CCN2CC3)c1. The highest BCUT2D eigenvalue weighted by atomic mass is 16.3. The van der Waals surface area contributed by atoms with E-state index in [0.717, 1.165) is 26.1 Å². The van der Waals surface area contributed by atoms with Crippen LogP contribution in [-0.2, 0) is 6.42 Å². The first-order valence-electron chi connectivity index (χ1n) is 7.33. The van der Waals surface area contributed by atoms with E-state index in [9.17, 15) is 5.11 Å². The monoisotopic (exact) mass is 260 g/mol. The molecule has 2 bridgehead atoms. The second-order valence-corrected chi connectivity index (χ2v) is 6.17. The molecule has 3 aliphatic rings. The second kappa shape index (κ2) is 5.23. The molecular formula is C16H24N2O. The third-order valence-corrected chi connectivity index (χ3v) is 4.49. The van der Waals surface area contributed by atoms with Gasteiger partial charge in [-0.3, -0.25) is 9.80 Å². The fraction of sp³-hybridized carbons (Fsp3) is 0.625. The zero-order chi connectivity index (χ0) is 13.4. The van der Waals surface area contributed by atoms with Crippen LogP contribution in [0.1, 0.15) is 16.7 Å². The van der Waals surface area contributed by atoms with E-state index >= 15 is 0 Å². The summed E-state index contributed by atoms with van der Waals surface area (Å²) >= 11 is 0. The van der Waals surface area contributed by atoms with Crippen molar-refractivity contribution in [3.63, 3.8) is 0 Å². The Hall–Kier alpha value is -0.900. The maximum absolute atomic E-state index is 10.6. The lowest BCUT2D eigenvalue weighted by molar-refractivity contribution is -0.0453. The highest BCUT2D eigenvalue weighted by Crippen LogP contribution is 2.21. The highest BCUT2D eigenvalue weighted by molar-refractivity contribution is 5.29. The van der Waals surface area contributed by atoms with E-state index in [1.165, 1.54) is 29.8 Å². The van der Waals surface area contributed by atoms with Gasteiger partial charge < -0.3 is 5.11 Å². The van der Waals surface area contributed by atoms with Crippen LogP contribution in [0.25, 0.3) is 0 Å². The maximum Gasteiger partial charge on any atom is 0.0748 e. The van der Waals surface area contributed by atoms with E-state index in [1.54, 1.807) is 0 Å².